The number of amides is 4. The molecule has 172 valence electrons. The van der Waals surface area contributed by atoms with Crippen molar-refractivity contribution in [3.05, 3.63) is 0 Å². The van der Waals surface area contributed by atoms with Crippen LogP contribution >= 0.6 is 0 Å². The molecule has 3 aliphatic carbocycles. The Balaban J connectivity index is 1.05. The zero-order valence-electron chi connectivity index (χ0n) is 17.5. The van der Waals surface area contributed by atoms with Crippen molar-refractivity contribution in [2.24, 2.45) is 35.5 Å². The zero-order chi connectivity index (χ0) is 22.6. The van der Waals surface area contributed by atoms with Gasteiger partial charge >= 0.3 is 11.9 Å². The minimum absolute atomic E-state index is 0.269. The van der Waals surface area contributed by atoms with Gasteiger partial charge in [0, 0.05) is 0 Å². The van der Waals surface area contributed by atoms with E-state index in [-0.39, 0.29) is 47.8 Å². The fourth-order valence-corrected chi connectivity index (χ4v) is 6.02. The van der Waals surface area contributed by atoms with Crippen molar-refractivity contribution < 1.29 is 38.2 Å². The second-order valence-corrected chi connectivity index (χ2v) is 9.74. The number of fused-ring (bicyclic) bond motifs is 2. The molecule has 0 radical (unpaired) electrons. The lowest BCUT2D eigenvalue weighted by molar-refractivity contribution is -0.163. The molecule has 0 aromatic rings. The molecule has 4 amide bonds. The zero-order valence-corrected chi connectivity index (χ0v) is 17.5. The maximum absolute atomic E-state index is 12.5. The quantitative estimate of drug-likeness (QED) is 0.453. The maximum Gasteiger partial charge on any atom is 0.309 e. The van der Waals surface area contributed by atoms with Crippen molar-refractivity contribution in [2.45, 2.75) is 63.6 Å². The summed E-state index contributed by atoms with van der Waals surface area (Å²) in [5, 5.41) is 4.62. The smallest absolute Gasteiger partial charge is 0.309 e. The van der Waals surface area contributed by atoms with E-state index in [1.165, 1.54) is 0 Å². The number of imide groups is 2. The van der Waals surface area contributed by atoms with Crippen LogP contribution in [0.3, 0.4) is 0 Å². The molecule has 0 bridgehead atoms. The monoisotopic (exact) mass is 446 g/mol. The van der Waals surface area contributed by atoms with Crippen molar-refractivity contribution in [1.29, 1.82) is 0 Å². The van der Waals surface area contributed by atoms with Crippen LogP contribution in [0.25, 0.3) is 0 Å². The minimum atomic E-state index is -0.433. The third-order valence-corrected chi connectivity index (χ3v) is 7.82. The first-order valence-electron chi connectivity index (χ1n) is 11.4. The molecular weight excluding hydrogens is 420 g/mol. The summed E-state index contributed by atoms with van der Waals surface area (Å²) in [6, 6.07) is 0. The van der Waals surface area contributed by atoms with Crippen LogP contribution in [0, 0.1) is 35.5 Å². The van der Waals surface area contributed by atoms with Gasteiger partial charge in [0.15, 0.2) is 0 Å². The highest BCUT2D eigenvalue weighted by Gasteiger charge is 2.52. The van der Waals surface area contributed by atoms with E-state index in [1.807, 2.05) is 0 Å². The Morgan fingerprint density at radius 2 is 0.844 bits per heavy atom. The lowest BCUT2D eigenvalue weighted by atomic mass is 9.94. The molecule has 2 heterocycles. The van der Waals surface area contributed by atoms with Gasteiger partial charge in [-0.1, -0.05) is 0 Å². The second kappa shape index (κ2) is 7.97. The lowest BCUT2D eigenvalue weighted by Crippen LogP contribution is -2.33. The minimum Gasteiger partial charge on any atom is -0.462 e. The van der Waals surface area contributed by atoms with Gasteiger partial charge in [-0.05, 0) is 51.4 Å². The topological polar surface area (TPSA) is 145 Å². The molecular formula is C22H26N2O8. The van der Waals surface area contributed by atoms with E-state index >= 15 is 0 Å². The van der Waals surface area contributed by atoms with Gasteiger partial charge in [-0.2, -0.15) is 0 Å². The van der Waals surface area contributed by atoms with Crippen LogP contribution in [-0.4, -0.2) is 47.8 Å². The summed E-state index contributed by atoms with van der Waals surface area (Å²) in [7, 11) is 0. The van der Waals surface area contributed by atoms with Crippen LogP contribution in [0.15, 0.2) is 0 Å². The molecule has 5 fully saturated rings. The summed E-state index contributed by atoms with van der Waals surface area (Å²) in [5.41, 5.74) is 0. The van der Waals surface area contributed by atoms with Gasteiger partial charge in [0.25, 0.3) is 0 Å². The fourth-order valence-electron chi connectivity index (χ4n) is 6.02. The van der Waals surface area contributed by atoms with Crippen molar-refractivity contribution in [3.63, 3.8) is 0 Å². The standard InChI is InChI=1S/C22H26N2O8/c25-17-13-5-9(6-14(13)18(26)23-17)21(29)31-11-1-2-12(4-3-11)32-22(30)10-7-15-16(8-10)20(28)24-19(15)27/h9-16H,1-8H2,(H,23,25,26)(H,24,27,28). The van der Waals surface area contributed by atoms with E-state index < -0.39 is 35.5 Å². The van der Waals surface area contributed by atoms with Gasteiger partial charge < -0.3 is 9.47 Å². The molecule has 4 unspecified atom stereocenters. The van der Waals surface area contributed by atoms with Crippen molar-refractivity contribution >= 4 is 35.6 Å². The third-order valence-electron chi connectivity index (χ3n) is 7.82. The number of hydrogen-bond acceptors (Lipinski definition) is 8. The number of ether oxygens (including phenoxy) is 2. The van der Waals surface area contributed by atoms with E-state index in [4.69, 9.17) is 9.47 Å². The molecule has 10 heteroatoms. The SMILES string of the molecule is O=C(OC1CCC(OC(=O)C2CC3C(=O)NC(=O)C3C2)CC1)C1CC2C(=O)NC(=O)C2C1. The van der Waals surface area contributed by atoms with Gasteiger partial charge in [-0.25, -0.2) is 0 Å². The Morgan fingerprint density at radius 1 is 0.562 bits per heavy atom. The number of nitrogens with one attached hydrogen (secondary N) is 2. The normalized spacial score (nSPS) is 40.5. The summed E-state index contributed by atoms with van der Waals surface area (Å²) in [6.07, 6.45) is 3.12. The number of rotatable bonds is 4. The Kier molecular flexibility index (Phi) is 5.25. The highest BCUT2D eigenvalue weighted by molar-refractivity contribution is 6.06. The van der Waals surface area contributed by atoms with Gasteiger partial charge in [-0.15, -0.1) is 0 Å². The van der Waals surface area contributed by atoms with E-state index in [1.54, 1.807) is 0 Å². The predicted octanol–water partition coefficient (Wildman–Crippen LogP) is -0.0184. The van der Waals surface area contributed by atoms with Crippen LogP contribution in [-0.2, 0) is 38.2 Å². The van der Waals surface area contributed by atoms with E-state index in [0.29, 0.717) is 51.4 Å². The van der Waals surface area contributed by atoms with Crippen LogP contribution < -0.4 is 10.6 Å². The van der Waals surface area contributed by atoms with Crippen molar-refractivity contribution in [3.8, 4) is 0 Å². The van der Waals surface area contributed by atoms with Gasteiger partial charge in [-0.3, -0.25) is 39.4 Å². The van der Waals surface area contributed by atoms with E-state index in [2.05, 4.69) is 10.6 Å². The fraction of sp³-hybridized carbons (Fsp3) is 0.727. The Hall–Kier alpha value is -2.78. The molecule has 5 aliphatic rings. The maximum atomic E-state index is 12.5. The summed E-state index contributed by atoms with van der Waals surface area (Å²) < 4.78 is 11.3. The highest BCUT2D eigenvalue weighted by Crippen LogP contribution is 2.42. The molecule has 5 rings (SSSR count). The first kappa shape index (κ1) is 21.1. The Morgan fingerprint density at radius 3 is 1.12 bits per heavy atom. The molecule has 0 spiro atoms. The molecule has 0 aromatic carbocycles. The summed E-state index contributed by atoms with van der Waals surface area (Å²) >= 11 is 0. The summed E-state index contributed by atoms with van der Waals surface area (Å²) in [5.74, 6) is -4.47. The molecule has 32 heavy (non-hydrogen) atoms. The van der Waals surface area contributed by atoms with Crippen LogP contribution in [0.5, 0.6) is 0 Å². The van der Waals surface area contributed by atoms with Gasteiger partial charge in [0.1, 0.15) is 12.2 Å². The average Bonchev–Trinajstić information content (AvgIpc) is 3.49. The molecule has 10 nitrogen and oxygen atoms in total. The lowest BCUT2D eigenvalue weighted by Gasteiger charge is -2.29. The van der Waals surface area contributed by atoms with Crippen molar-refractivity contribution in [1.82, 2.24) is 10.6 Å². The number of carbonyl (C=O) groups is 6. The molecule has 0 aromatic heterocycles. The van der Waals surface area contributed by atoms with Gasteiger partial charge in [0.05, 0.1) is 35.5 Å². The second-order valence-electron chi connectivity index (χ2n) is 9.74. The van der Waals surface area contributed by atoms with Crippen LogP contribution in [0.4, 0.5) is 0 Å². The Bertz CT molecular complexity index is 776. The Labute approximate surface area is 184 Å². The van der Waals surface area contributed by atoms with E-state index in [0.717, 1.165) is 0 Å². The predicted molar refractivity (Wildman–Crippen MR) is 104 cm³/mol. The molecule has 3 saturated carbocycles. The number of carbonyl (C=O) groups excluding carboxylic acids is 6. The largest absolute Gasteiger partial charge is 0.462 e. The molecule has 2 N–H and O–H groups in total. The average molecular weight is 446 g/mol. The molecule has 2 saturated heterocycles. The third kappa shape index (κ3) is 3.69. The first-order valence-corrected chi connectivity index (χ1v) is 11.4. The summed E-state index contributed by atoms with van der Waals surface area (Å²) in [4.78, 5) is 72.1. The van der Waals surface area contributed by atoms with Gasteiger partial charge in [0.2, 0.25) is 23.6 Å². The van der Waals surface area contributed by atoms with Crippen LogP contribution in [0.2, 0.25) is 0 Å². The van der Waals surface area contributed by atoms with Crippen molar-refractivity contribution in [2.75, 3.05) is 0 Å². The first-order chi connectivity index (χ1) is 15.3. The number of hydrogen-bond donors (Lipinski definition) is 2. The number of esters is 2. The van der Waals surface area contributed by atoms with E-state index in [9.17, 15) is 28.8 Å². The highest BCUT2D eigenvalue weighted by atomic mass is 16.6. The summed E-state index contributed by atoms with van der Waals surface area (Å²) in [6.45, 7) is 0. The molecule has 4 atom stereocenters. The van der Waals surface area contributed by atoms with Crippen LogP contribution in [0.1, 0.15) is 51.4 Å². The molecule has 2 aliphatic heterocycles.